The summed E-state index contributed by atoms with van der Waals surface area (Å²) in [6.07, 6.45) is -2.99. The molecule has 0 aromatic heterocycles. The Balaban J connectivity index is 2.53. The average molecular weight is 210 g/mol. The molecule has 1 aliphatic rings. The van der Waals surface area contributed by atoms with Crippen LogP contribution < -0.4 is 5.73 Å². The Bertz CT molecular complexity index is 213. The van der Waals surface area contributed by atoms with Gasteiger partial charge in [0.2, 0.25) is 0 Å². The molecule has 3 nitrogen and oxygen atoms in total. The third-order valence-electron chi connectivity index (χ3n) is 2.09. The standard InChI is InChI=1S/C8H13F3N2O/c9-8(10,11)7(14)13(5-1-4-12)6-2-3-6/h6H,1-5,12H2. The summed E-state index contributed by atoms with van der Waals surface area (Å²) in [5, 5.41) is 0. The Kier molecular flexibility index (Phi) is 3.36. The van der Waals surface area contributed by atoms with Crippen LogP contribution in [0, 0.1) is 0 Å². The number of carbonyl (C=O) groups is 1. The van der Waals surface area contributed by atoms with Gasteiger partial charge in [0.15, 0.2) is 0 Å². The van der Waals surface area contributed by atoms with Crippen LogP contribution in [0.4, 0.5) is 13.2 Å². The fourth-order valence-corrected chi connectivity index (χ4v) is 1.26. The lowest BCUT2D eigenvalue weighted by Gasteiger charge is -2.23. The van der Waals surface area contributed by atoms with Gasteiger partial charge in [0.1, 0.15) is 0 Å². The van der Waals surface area contributed by atoms with E-state index in [0.29, 0.717) is 25.8 Å². The summed E-state index contributed by atoms with van der Waals surface area (Å²) in [4.78, 5) is 11.8. The Morgan fingerprint density at radius 3 is 2.36 bits per heavy atom. The predicted molar refractivity (Wildman–Crippen MR) is 44.5 cm³/mol. The van der Waals surface area contributed by atoms with Crippen LogP contribution in [0.5, 0.6) is 0 Å². The highest BCUT2D eigenvalue weighted by atomic mass is 19.4. The zero-order chi connectivity index (χ0) is 10.8. The number of carbonyl (C=O) groups excluding carboxylic acids is 1. The molecule has 0 saturated heterocycles. The Morgan fingerprint density at radius 2 is 2.00 bits per heavy atom. The van der Waals surface area contributed by atoms with Gasteiger partial charge in [0, 0.05) is 12.6 Å². The number of nitrogens with two attached hydrogens (primary N) is 1. The minimum absolute atomic E-state index is 0.111. The predicted octanol–water partition coefficient (Wildman–Crippen LogP) is 0.889. The zero-order valence-electron chi connectivity index (χ0n) is 7.68. The third-order valence-corrected chi connectivity index (χ3v) is 2.09. The van der Waals surface area contributed by atoms with Crippen LogP contribution >= 0.6 is 0 Å². The molecule has 1 fully saturated rings. The minimum Gasteiger partial charge on any atom is -0.332 e. The number of hydrogen-bond donors (Lipinski definition) is 1. The average Bonchev–Trinajstić information content (AvgIpc) is 2.86. The highest BCUT2D eigenvalue weighted by molar-refractivity contribution is 5.82. The smallest absolute Gasteiger partial charge is 0.332 e. The fourth-order valence-electron chi connectivity index (χ4n) is 1.26. The quantitative estimate of drug-likeness (QED) is 0.749. The lowest BCUT2D eigenvalue weighted by molar-refractivity contribution is -0.186. The summed E-state index contributed by atoms with van der Waals surface area (Å²) in [5.74, 6) is -1.73. The van der Waals surface area contributed by atoms with Gasteiger partial charge in [-0.3, -0.25) is 4.79 Å². The van der Waals surface area contributed by atoms with Crippen LogP contribution in [0.25, 0.3) is 0 Å². The molecule has 2 N–H and O–H groups in total. The maximum Gasteiger partial charge on any atom is 0.471 e. The molecule has 6 heteroatoms. The molecule has 0 spiro atoms. The van der Waals surface area contributed by atoms with Crippen LogP contribution in [-0.2, 0) is 4.79 Å². The molecule has 0 aliphatic heterocycles. The van der Waals surface area contributed by atoms with Crippen molar-refractivity contribution in [1.29, 1.82) is 0 Å². The molecule has 0 bridgehead atoms. The molecule has 0 heterocycles. The molecule has 1 amide bonds. The molecule has 0 unspecified atom stereocenters. The molecule has 1 rings (SSSR count). The van der Waals surface area contributed by atoms with Crippen molar-refractivity contribution in [1.82, 2.24) is 4.90 Å². The maximum atomic E-state index is 12.1. The van der Waals surface area contributed by atoms with Crippen LogP contribution in [-0.4, -0.2) is 36.1 Å². The number of rotatable bonds is 4. The van der Waals surface area contributed by atoms with E-state index in [2.05, 4.69) is 0 Å². The fraction of sp³-hybridized carbons (Fsp3) is 0.875. The highest BCUT2D eigenvalue weighted by Gasteiger charge is 2.46. The first-order chi connectivity index (χ1) is 6.46. The summed E-state index contributed by atoms with van der Waals surface area (Å²) >= 11 is 0. The maximum absolute atomic E-state index is 12.1. The van der Waals surface area contributed by atoms with Crippen molar-refractivity contribution in [3.63, 3.8) is 0 Å². The van der Waals surface area contributed by atoms with E-state index in [1.165, 1.54) is 0 Å². The third kappa shape index (κ3) is 2.87. The second kappa shape index (κ2) is 4.16. The van der Waals surface area contributed by atoms with E-state index in [-0.39, 0.29) is 12.6 Å². The molecular weight excluding hydrogens is 197 g/mol. The van der Waals surface area contributed by atoms with E-state index in [4.69, 9.17) is 5.73 Å². The van der Waals surface area contributed by atoms with Crippen LogP contribution in [0.2, 0.25) is 0 Å². The zero-order valence-corrected chi connectivity index (χ0v) is 7.68. The van der Waals surface area contributed by atoms with Gasteiger partial charge in [-0.25, -0.2) is 0 Å². The van der Waals surface area contributed by atoms with Crippen molar-refractivity contribution in [2.24, 2.45) is 5.73 Å². The summed E-state index contributed by atoms with van der Waals surface area (Å²) in [7, 11) is 0. The second-order valence-electron chi connectivity index (χ2n) is 3.37. The first-order valence-corrected chi connectivity index (χ1v) is 4.54. The topological polar surface area (TPSA) is 46.3 Å². The molecular formula is C8H13F3N2O. The largest absolute Gasteiger partial charge is 0.471 e. The lowest BCUT2D eigenvalue weighted by atomic mass is 10.3. The number of hydrogen-bond acceptors (Lipinski definition) is 2. The van der Waals surface area contributed by atoms with Gasteiger partial charge in [-0.2, -0.15) is 13.2 Å². The van der Waals surface area contributed by atoms with Crippen LogP contribution in [0.1, 0.15) is 19.3 Å². The van der Waals surface area contributed by atoms with Crippen LogP contribution in [0.15, 0.2) is 0 Å². The van der Waals surface area contributed by atoms with Crippen molar-refractivity contribution in [3.8, 4) is 0 Å². The van der Waals surface area contributed by atoms with Gasteiger partial charge in [-0.05, 0) is 25.8 Å². The van der Waals surface area contributed by atoms with Gasteiger partial charge < -0.3 is 10.6 Å². The number of amides is 1. The number of alkyl halides is 3. The SMILES string of the molecule is NCCCN(C(=O)C(F)(F)F)C1CC1. The van der Waals surface area contributed by atoms with Gasteiger partial charge in [-0.1, -0.05) is 0 Å². The molecule has 0 atom stereocenters. The van der Waals surface area contributed by atoms with Crippen molar-refractivity contribution < 1.29 is 18.0 Å². The van der Waals surface area contributed by atoms with E-state index in [9.17, 15) is 18.0 Å². The normalized spacial score (nSPS) is 16.9. The van der Waals surface area contributed by atoms with Gasteiger partial charge in [0.05, 0.1) is 0 Å². The first kappa shape index (κ1) is 11.3. The van der Waals surface area contributed by atoms with Crippen LogP contribution in [0.3, 0.4) is 0 Å². The van der Waals surface area contributed by atoms with E-state index in [1.807, 2.05) is 0 Å². The molecule has 0 aromatic rings. The molecule has 1 saturated carbocycles. The van der Waals surface area contributed by atoms with Gasteiger partial charge in [0.25, 0.3) is 0 Å². The van der Waals surface area contributed by atoms with E-state index >= 15 is 0 Å². The van der Waals surface area contributed by atoms with E-state index < -0.39 is 12.1 Å². The molecule has 0 aromatic carbocycles. The van der Waals surface area contributed by atoms with Gasteiger partial charge >= 0.3 is 12.1 Å². The van der Waals surface area contributed by atoms with E-state index in [0.717, 1.165) is 4.90 Å². The lowest BCUT2D eigenvalue weighted by Crippen LogP contribution is -2.43. The molecule has 1 aliphatic carbocycles. The first-order valence-electron chi connectivity index (χ1n) is 4.54. The number of nitrogens with zero attached hydrogens (tertiary/aromatic N) is 1. The van der Waals surface area contributed by atoms with Crippen molar-refractivity contribution in [3.05, 3.63) is 0 Å². The summed E-state index contributed by atoms with van der Waals surface area (Å²) in [5.41, 5.74) is 5.19. The van der Waals surface area contributed by atoms with Crippen molar-refractivity contribution in [2.45, 2.75) is 31.5 Å². The minimum atomic E-state index is -4.75. The van der Waals surface area contributed by atoms with Crippen molar-refractivity contribution in [2.75, 3.05) is 13.1 Å². The number of halogens is 3. The molecule has 0 radical (unpaired) electrons. The molecule has 14 heavy (non-hydrogen) atoms. The summed E-state index contributed by atoms with van der Waals surface area (Å²) in [6, 6.07) is -0.212. The highest BCUT2D eigenvalue weighted by Crippen LogP contribution is 2.30. The Labute approximate surface area is 80.0 Å². The Hall–Kier alpha value is -0.780. The van der Waals surface area contributed by atoms with Crippen molar-refractivity contribution >= 4 is 5.91 Å². The van der Waals surface area contributed by atoms with Gasteiger partial charge in [-0.15, -0.1) is 0 Å². The summed E-state index contributed by atoms with van der Waals surface area (Å²) in [6.45, 7) is 0.411. The summed E-state index contributed by atoms with van der Waals surface area (Å²) < 4.78 is 36.3. The molecule has 82 valence electrons. The Morgan fingerprint density at radius 1 is 1.43 bits per heavy atom. The second-order valence-corrected chi connectivity index (χ2v) is 3.37. The monoisotopic (exact) mass is 210 g/mol. The van der Waals surface area contributed by atoms with E-state index in [1.54, 1.807) is 0 Å².